The average Bonchev–Trinajstić information content (AvgIpc) is 2.42. The Morgan fingerprint density at radius 2 is 2.04 bits per heavy atom. The van der Waals surface area contributed by atoms with Crippen LogP contribution in [-0.4, -0.2) is 46.9 Å². The lowest BCUT2D eigenvalue weighted by Gasteiger charge is -2.35. The molecular weight excluding hydrogens is 358 g/mol. The number of piperidine rings is 1. The molecule has 1 heterocycles. The number of nitrogens with one attached hydrogen (secondary N) is 1. The lowest BCUT2D eigenvalue weighted by atomic mass is 10.0. The quantitative estimate of drug-likeness (QED) is 0.439. The van der Waals surface area contributed by atoms with Crippen molar-refractivity contribution in [1.29, 1.82) is 0 Å². The van der Waals surface area contributed by atoms with Crippen LogP contribution in [0.3, 0.4) is 0 Å². The molecule has 0 aliphatic carbocycles. The number of aliphatic imine (C=N–C) groups is 1. The summed E-state index contributed by atoms with van der Waals surface area (Å²) in [5, 5.41) is 2.97. The maximum Gasteiger partial charge on any atom is 0.407 e. The molecule has 6 heteroatoms. The van der Waals surface area contributed by atoms with Gasteiger partial charge in [-0.05, 0) is 53.0 Å². The van der Waals surface area contributed by atoms with E-state index in [9.17, 15) is 4.79 Å². The fraction of sp³-hybridized carbons (Fsp3) is 0.765. The van der Waals surface area contributed by atoms with Gasteiger partial charge in [-0.3, -0.25) is 4.99 Å². The van der Waals surface area contributed by atoms with Gasteiger partial charge in [-0.1, -0.05) is 22.9 Å². The molecule has 0 bridgehead atoms. The Labute approximate surface area is 148 Å². The minimum Gasteiger partial charge on any atom is -0.444 e. The molecule has 1 fully saturated rings. The van der Waals surface area contributed by atoms with Crippen LogP contribution in [0.4, 0.5) is 4.79 Å². The van der Waals surface area contributed by atoms with Crippen molar-refractivity contribution in [3.05, 3.63) is 11.8 Å². The molecule has 0 aromatic heterocycles. The number of alkyl halides is 1. The summed E-state index contributed by atoms with van der Waals surface area (Å²) in [5.41, 5.74) is 0.840. The second kappa shape index (κ2) is 9.30. The van der Waals surface area contributed by atoms with Crippen molar-refractivity contribution < 1.29 is 9.53 Å². The summed E-state index contributed by atoms with van der Waals surface area (Å²) in [7, 11) is 0. The molecule has 5 nitrogen and oxygen atoms in total. The van der Waals surface area contributed by atoms with Gasteiger partial charge in [-0.25, -0.2) is 4.79 Å². The van der Waals surface area contributed by atoms with E-state index in [0.717, 1.165) is 32.4 Å². The number of carbonyl (C=O) groups is 1. The second-order valence-corrected chi connectivity index (χ2v) is 8.12. The monoisotopic (exact) mass is 387 g/mol. The zero-order chi connectivity index (χ0) is 17.5. The van der Waals surface area contributed by atoms with Gasteiger partial charge in [0.25, 0.3) is 0 Å². The second-order valence-electron chi connectivity index (χ2n) is 6.79. The topological polar surface area (TPSA) is 53.9 Å². The minimum atomic E-state index is -0.450. The molecule has 0 radical (unpaired) electrons. The van der Waals surface area contributed by atoms with Gasteiger partial charge >= 0.3 is 6.09 Å². The Morgan fingerprint density at radius 1 is 1.43 bits per heavy atom. The molecule has 1 saturated heterocycles. The molecule has 1 aliphatic heterocycles. The van der Waals surface area contributed by atoms with Crippen LogP contribution in [0.2, 0.25) is 0 Å². The van der Waals surface area contributed by atoms with E-state index in [4.69, 9.17) is 4.74 Å². The molecule has 0 aromatic rings. The lowest BCUT2D eigenvalue weighted by molar-refractivity contribution is 0.0484. The zero-order valence-electron chi connectivity index (χ0n) is 14.9. The Hall–Kier alpha value is -1.04. The normalized spacial score (nSPS) is 19.0. The Morgan fingerprint density at radius 3 is 2.52 bits per heavy atom. The number of nitrogens with zero attached hydrogens (tertiary/aromatic N) is 2. The number of rotatable bonds is 5. The first-order valence-corrected chi connectivity index (χ1v) is 9.23. The Bertz CT molecular complexity index is 434. The molecule has 0 spiro atoms. The van der Waals surface area contributed by atoms with Crippen molar-refractivity contribution in [1.82, 2.24) is 10.2 Å². The highest BCUT2D eigenvalue weighted by atomic mass is 79.9. The summed E-state index contributed by atoms with van der Waals surface area (Å²) >= 11 is 3.40. The van der Waals surface area contributed by atoms with Gasteiger partial charge in [0.05, 0.1) is 0 Å². The van der Waals surface area contributed by atoms with Crippen molar-refractivity contribution in [2.75, 3.05) is 13.1 Å². The molecule has 1 aliphatic rings. The summed E-state index contributed by atoms with van der Waals surface area (Å²) < 4.78 is 5.31. The number of carbonyl (C=O) groups excluding carboxylic acids is 1. The van der Waals surface area contributed by atoms with E-state index in [-0.39, 0.29) is 17.1 Å². The van der Waals surface area contributed by atoms with Crippen LogP contribution in [0.25, 0.3) is 0 Å². The SMILES string of the molecule is CC/C(=C\C=N/C(C)Br)N1CCC(NC(=O)OC(C)(C)C)CC1. The lowest BCUT2D eigenvalue weighted by Crippen LogP contribution is -2.45. The molecular formula is C17H30BrN3O2. The third-order valence-corrected chi connectivity index (χ3v) is 3.78. The molecule has 1 atom stereocenters. The van der Waals surface area contributed by atoms with Crippen molar-refractivity contribution >= 4 is 28.2 Å². The third kappa shape index (κ3) is 8.39. The van der Waals surface area contributed by atoms with E-state index in [1.165, 1.54) is 5.70 Å². The van der Waals surface area contributed by atoms with Crippen LogP contribution >= 0.6 is 15.9 Å². The third-order valence-electron chi connectivity index (χ3n) is 3.54. The smallest absolute Gasteiger partial charge is 0.407 e. The van der Waals surface area contributed by atoms with Crippen LogP contribution < -0.4 is 5.32 Å². The fourth-order valence-electron chi connectivity index (χ4n) is 2.48. The summed E-state index contributed by atoms with van der Waals surface area (Å²) in [4.78, 5) is 18.6. The number of hydrogen-bond donors (Lipinski definition) is 1. The fourth-order valence-corrected chi connectivity index (χ4v) is 2.62. The van der Waals surface area contributed by atoms with Crippen LogP contribution in [0.1, 0.15) is 53.9 Å². The van der Waals surface area contributed by atoms with E-state index in [1.54, 1.807) is 0 Å². The Balaban J connectivity index is 2.46. The maximum atomic E-state index is 11.8. The van der Waals surface area contributed by atoms with Crippen molar-refractivity contribution in [2.24, 2.45) is 4.99 Å². The van der Waals surface area contributed by atoms with Gasteiger partial charge < -0.3 is 15.0 Å². The summed E-state index contributed by atoms with van der Waals surface area (Å²) in [6, 6.07) is 0.190. The summed E-state index contributed by atoms with van der Waals surface area (Å²) in [6.45, 7) is 11.7. The van der Waals surface area contributed by atoms with E-state index < -0.39 is 5.60 Å². The maximum absolute atomic E-state index is 11.8. The first kappa shape index (κ1) is 20.0. The molecule has 1 unspecified atom stereocenters. The van der Waals surface area contributed by atoms with Gasteiger partial charge in [0, 0.05) is 31.0 Å². The molecule has 0 saturated carbocycles. The zero-order valence-corrected chi connectivity index (χ0v) is 16.5. The first-order valence-electron chi connectivity index (χ1n) is 8.32. The van der Waals surface area contributed by atoms with Crippen molar-refractivity contribution in [3.63, 3.8) is 0 Å². The molecule has 0 aromatic carbocycles. The standard InChI is InChI=1S/C17H30BrN3O2/c1-6-15(7-10-19-13(2)18)21-11-8-14(9-12-21)20-16(22)23-17(3,4)5/h7,10,13-14H,6,8-9,11-12H2,1-5H3,(H,20,22)/b15-7+,19-10-. The molecule has 1 amide bonds. The van der Waals surface area contributed by atoms with Crippen LogP contribution in [0, 0.1) is 0 Å². The van der Waals surface area contributed by atoms with Crippen LogP contribution in [0.5, 0.6) is 0 Å². The highest BCUT2D eigenvalue weighted by Crippen LogP contribution is 2.18. The van der Waals surface area contributed by atoms with Crippen molar-refractivity contribution in [3.8, 4) is 0 Å². The number of likely N-dealkylation sites (tertiary alicyclic amines) is 1. The number of halogens is 1. The predicted octanol–water partition coefficient (Wildman–Crippen LogP) is 4.08. The van der Waals surface area contributed by atoms with Gasteiger partial charge in [0.15, 0.2) is 0 Å². The van der Waals surface area contributed by atoms with Crippen LogP contribution in [-0.2, 0) is 4.74 Å². The van der Waals surface area contributed by atoms with Gasteiger partial charge in [-0.2, -0.15) is 0 Å². The predicted molar refractivity (Wildman–Crippen MR) is 99.2 cm³/mol. The van der Waals surface area contributed by atoms with Crippen LogP contribution in [0.15, 0.2) is 16.8 Å². The number of ether oxygens (including phenoxy) is 1. The number of hydrogen-bond acceptors (Lipinski definition) is 4. The highest BCUT2D eigenvalue weighted by molar-refractivity contribution is 9.09. The largest absolute Gasteiger partial charge is 0.444 e. The van der Waals surface area contributed by atoms with E-state index in [2.05, 4.69) is 44.1 Å². The van der Waals surface area contributed by atoms with E-state index in [0.29, 0.717) is 0 Å². The summed E-state index contributed by atoms with van der Waals surface area (Å²) in [6.07, 6.45) is 6.47. The molecule has 1 rings (SSSR count). The molecule has 1 N–H and O–H groups in total. The average molecular weight is 388 g/mol. The van der Waals surface area contributed by atoms with E-state index in [1.807, 2.05) is 33.9 Å². The first-order chi connectivity index (χ1) is 10.7. The number of amides is 1. The summed E-state index contributed by atoms with van der Waals surface area (Å²) in [5.74, 6) is 0. The molecule has 23 heavy (non-hydrogen) atoms. The number of alkyl carbamates (subject to hydrolysis) is 1. The minimum absolute atomic E-state index is 0.139. The van der Waals surface area contributed by atoms with Gasteiger partial charge in [-0.15, -0.1) is 0 Å². The molecule has 132 valence electrons. The van der Waals surface area contributed by atoms with Crippen molar-refractivity contribution in [2.45, 2.75) is 70.5 Å². The van der Waals surface area contributed by atoms with Gasteiger partial charge in [0.1, 0.15) is 10.6 Å². The Kier molecular flexibility index (Phi) is 8.09. The van der Waals surface area contributed by atoms with E-state index >= 15 is 0 Å². The number of allylic oxidation sites excluding steroid dienone is 2. The van der Waals surface area contributed by atoms with Gasteiger partial charge in [0.2, 0.25) is 0 Å². The highest BCUT2D eigenvalue weighted by Gasteiger charge is 2.23.